The van der Waals surface area contributed by atoms with Gasteiger partial charge >= 0.3 is 165 Å². The average Bonchev–Trinajstić information content (AvgIpc) is 3.12. The maximum absolute atomic E-state index is 5.93. The number of unbranched alkanes of at least 4 members (excludes halogenated alkanes) is 3. The van der Waals surface area contributed by atoms with Gasteiger partial charge in [0.15, 0.2) is 0 Å². The van der Waals surface area contributed by atoms with E-state index >= 15 is 0 Å². The van der Waals surface area contributed by atoms with Gasteiger partial charge in [-0.2, -0.15) is 0 Å². The molecule has 144 valence electrons. The Labute approximate surface area is 164 Å². The van der Waals surface area contributed by atoms with Gasteiger partial charge in [-0.1, -0.05) is 0 Å². The zero-order chi connectivity index (χ0) is 19.0. The Morgan fingerprint density at radius 2 is 1.50 bits per heavy atom. The van der Waals surface area contributed by atoms with Crippen LogP contribution >= 0.6 is 0 Å². The molecule has 0 saturated heterocycles. The predicted octanol–water partition coefficient (Wildman–Crippen LogP) is 5.82. The summed E-state index contributed by atoms with van der Waals surface area (Å²) in [6.07, 6.45) is 10.2. The number of aromatic nitrogens is 2. The molecule has 0 spiro atoms. The van der Waals surface area contributed by atoms with Gasteiger partial charge in [-0.25, -0.2) is 0 Å². The third-order valence-electron chi connectivity index (χ3n) is 5.63. The number of anilines is 1. The van der Waals surface area contributed by atoms with Gasteiger partial charge in [-0.3, -0.25) is 0 Å². The normalized spacial score (nSPS) is 11.8. The fourth-order valence-electron chi connectivity index (χ4n) is 3.98. The van der Waals surface area contributed by atoms with E-state index in [0.29, 0.717) is 0 Å². The first kappa shape index (κ1) is 21.3. The van der Waals surface area contributed by atoms with Crippen molar-refractivity contribution in [1.82, 2.24) is 9.78 Å². The molecule has 0 aliphatic carbocycles. The number of benzene rings is 1. The van der Waals surface area contributed by atoms with Crippen molar-refractivity contribution in [2.45, 2.75) is 79.5 Å². The number of nitrogens with two attached hydrogens (primary N) is 1. The first-order valence-corrected chi connectivity index (χ1v) is 18.0. The van der Waals surface area contributed by atoms with E-state index in [2.05, 4.69) is 50.7 Å². The molecule has 3 nitrogen and oxygen atoms in total. The molecule has 1 heterocycles. The fraction of sp³-hybridized carbons (Fsp3) is 0.591. The third-order valence-corrected chi connectivity index (χ3v) is 20.7. The minimum atomic E-state index is -2.43. The van der Waals surface area contributed by atoms with Crippen molar-refractivity contribution < 1.29 is 0 Å². The van der Waals surface area contributed by atoms with Crippen molar-refractivity contribution >= 4 is 27.8 Å². The number of nitrogens with zero attached hydrogens (tertiary/aromatic N) is 2. The predicted molar refractivity (Wildman–Crippen MR) is 117 cm³/mol. The molecule has 0 aliphatic heterocycles. The van der Waals surface area contributed by atoms with Crippen LogP contribution in [0.2, 0.25) is 13.3 Å². The van der Waals surface area contributed by atoms with E-state index in [1.54, 1.807) is 0 Å². The maximum atomic E-state index is 5.93. The second-order valence-electron chi connectivity index (χ2n) is 7.78. The third kappa shape index (κ3) is 5.27. The number of aryl methyl sites for hydroxylation is 1. The number of hydrogen-bond donors (Lipinski definition) is 1. The van der Waals surface area contributed by atoms with Crippen LogP contribution in [0, 0.1) is 6.92 Å². The van der Waals surface area contributed by atoms with Crippen molar-refractivity contribution in [3.63, 3.8) is 0 Å². The van der Waals surface area contributed by atoms with E-state index in [9.17, 15) is 0 Å². The average molecular weight is 462 g/mol. The summed E-state index contributed by atoms with van der Waals surface area (Å²) in [4.78, 5) is 0. The molecule has 0 bridgehead atoms. The van der Waals surface area contributed by atoms with E-state index in [-0.39, 0.29) is 0 Å². The Balaban J connectivity index is 2.38. The number of rotatable bonds is 11. The van der Waals surface area contributed by atoms with Crippen LogP contribution in [0.4, 0.5) is 5.69 Å². The number of nitrogen functional groups attached to an aromatic ring is 1. The summed E-state index contributed by atoms with van der Waals surface area (Å²) in [5, 5.41) is 5.17. The molecule has 0 radical (unpaired) electrons. The van der Waals surface area contributed by atoms with Crippen molar-refractivity contribution in [2.24, 2.45) is 0 Å². The van der Waals surface area contributed by atoms with Gasteiger partial charge in [0.05, 0.1) is 0 Å². The first-order valence-electron chi connectivity index (χ1n) is 10.5. The summed E-state index contributed by atoms with van der Waals surface area (Å²) < 4.78 is 7.97. The fourth-order valence-corrected chi connectivity index (χ4v) is 19.3. The van der Waals surface area contributed by atoms with Crippen LogP contribution in [0.1, 0.15) is 64.9 Å². The Morgan fingerprint density at radius 3 is 2.00 bits per heavy atom. The van der Waals surface area contributed by atoms with E-state index in [4.69, 9.17) is 10.8 Å². The standard InChI is InChI=1S/C10H10N3.3C4H9.Sn/c1-8-7-9(11)3-4-10(8)13-6-2-5-12-13;3*1-3-4-2;/h2-4,6-7H,11H2,1H3;3*1,3-4H2,2H3;. The molecule has 0 aliphatic rings. The topological polar surface area (TPSA) is 43.8 Å². The summed E-state index contributed by atoms with van der Waals surface area (Å²) in [5.41, 5.74) is 9.10. The summed E-state index contributed by atoms with van der Waals surface area (Å²) in [5.74, 6) is 0. The second kappa shape index (κ2) is 10.4. The molecule has 2 N–H and O–H groups in total. The zero-order valence-corrected chi connectivity index (χ0v) is 20.1. The summed E-state index contributed by atoms with van der Waals surface area (Å²) in [7, 11) is 0. The van der Waals surface area contributed by atoms with Gasteiger partial charge in [-0.05, 0) is 0 Å². The molecule has 4 heteroatoms. The van der Waals surface area contributed by atoms with Gasteiger partial charge in [0, 0.05) is 0 Å². The SMILES string of the molecule is CCC[CH2][Sn]([CH2]CCC)([CH2]CCC)[c]1ccn(-c2ccc(N)cc2C)n1. The van der Waals surface area contributed by atoms with Crippen molar-refractivity contribution in [2.75, 3.05) is 5.73 Å². The summed E-state index contributed by atoms with van der Waals surface area (Å²) in [6.45, 7) is 9.10. The van der Waals surface area contributed by atoms with E-state index < -0.39 is 18.4 Å². The zero-order valence-electron chi connectivity index (χ0n) is 17.2. The van der Waals surface area contributed by atoms with Crippen LogP contribution in [-0.4, -0.2) is 28.2 Å². The molecule has 0 atom stereocenters. The van der Waals surface area contributed by atoms with Gasteiger partial charge < -0.3 is 0 Å². The van der Waals surface area contributed by atoms with Crippen molar-refractivity contribution in [3.8, 4) is 5.69 Å². The van der Waals surface area contributed by atoms with Crippen LogP contribution in [-0.2, 0) is 0 Å². The molecule has 1 aromatic heterocycles. The Kier molecular flexibility index (Phi) is 8.52. The second-order valence-corrected chi connectivity index (χ2v) is 20.8. The van der Waals surface area contributed by atoms with Crippen LogP contribution in [0.25, 0.3) is 5.69 Å². The minimum absolute atomic E-state index is 0.820. The van der Waals surface area contributed by atoms with Crippen LogP contribution in [0.15, 0.2) is 30.5 Å². The molecule has 0 amide bonds. The van der Waals surface area contributed by atoms with Crippen molar-refractivity contribution in [3.05, 3.63) is 36.0 Å². The van der Waals surface area contributed by atoms with Gasteiger partial charge in [-0.15, -0.1) is 0 Å². The molecule has 2 aromatic rings. The van der Waals surface area contributed by atoms with Crippen LogP contribution in [0.3, 0.4) is 0 Å². The molecular formula is C22H37N3Sn. The molecule has 2 rings (SSSR count). The summed E-state index contributed by atoms with van der Waals surface area (Å²) in [6, 6.07) is 8.47. The molecule has 26 heavy (non-hydrogen) atoms. The number of hydrogen-bond acceptors (Lipinski definition) is 2. The molecular weight excluding hydrogens is 425 g/mol. The van der Waals surface area contributed by atoms with E-state index in [1.165, 1.54) is 61.1 Å². The Morgan fingerprint density at radius 1 is 0.923 bits per heavy atom. The Hall–Kier alpha value is -0.971. The Bertz CT molecular complexity index is 656. The van der Waals surface area contributed by atoms with Gasteiger partial charge in [0.1, 0.15) is 0 Å². The van der Waals surface area contributed by atoms with Gasteiger partial charge in [0.2, 0.25) is 0 Å². The van der Waals surface area contributed by atoms with Crippen molar-refractivity contribution in [1.29, 1.82) is 0 Å². The molecule has 1 aromatic carbocycles. The molecule has 0 unspecified atom stereocenters. The van der Waals surface area contributed by atoms with Gasteiger partial charge in [0.25, 0.3) is 0 Å². The quantitative estimate of drug-likeness (QED) is 0.338. The van der Waals surface area contributed by atoms with Crippen LogP contribution in [0.5, 0.6) is 0 Å². The summed E-state index contributed by atoms with van der Waals surface area (Å²) >= 11 is -2.43. The molecule has 0 fully saturated rings. The first-order chi connectivity index (χ1) is 12.6. The van der Waals surface area contributed by atoms with Crippen LogP contribution < -0.4 is 9.44 Å². The van der Waals surface area contributed by atoms with E-state index in [1.807, 2.05) is 12.1 Å². The monoisotopic (exact) mass is 463 g/mol. The molecule has 0 saturated carbocycles. The van der Waals surface area contributed by atoms with E-state index in [0.717, 1.165) is 11.4 Å².